The molecule has 2 rings (SSSR count). The van der Waals surface area contributed by atoms with Crippen molar-refractivity contribution in [3.63, 3.8) is 0 Å². The van der Waals surface area contributed by atoms with E-state index in [1.54, 1.807) is 0 Å². The topological polar surface area (TPSA) is 29.9 Å². The summed E-state index contributed by atoms with van der Waals surface area (Å²) in [5, 5.41) is 3.20. The Balaban J connectivity index is 2.25. The van der Waals surface area contributed by atoms with E-state index in [9.17, 15) is 0 Å². The highest BCUT2D eigenvalue weighted by atomic mass is 15.1. The minimum atomic E-state index is 0.505. The average molecular weight is 245 g/mol. The first kappa shape index (κ1) is 13.1. The van der Waals surface area contributed by atoms with Gasteiger partial charge < -0.3 is 9.88 Å². The number of imidazole rings is 1. The molecule has 3 heteroatoms. The van der Waals surface area contributed by atoms with Gasteiger partial charge in [-0.25, -0.2) is 4.98 Å². The third-order valence-electron chi connectivity index (χ3n) is 3.71. The Labute approximate surface area is 109 Å². The van der Waals surface area contributed by atoms with Crippen LogP contribution in [-0.2, 0) is 0 Å². The quantitative estimate of drug-likeness (QED) is 0.820. The molecule has 0 bridgehead atoms. The van der Waals surface area contributed by atoms with Gasteiger partial charge in [0.15, 0.2) is 0 Å². The molecular formula is C15H23N3. The molecule has 0 saturated heterocycles. The number of benzene rings is 1. The molecule has 2 aromatic rings. The molecule has 1 aromatic heterocycles. The van der Waals surface area contributed by atoms with E-state index in [1.165, 1.54) is 29.5 Å². The van der Waals surface area contributed by atoms with Crippen LogP contribution < -0.4 is 5.32 Å². The van der Waals surface area contributed by atoms with Crippen molar-refractivity contribution in [1.82, 2.24) is 14.9 Å². The van der Waals surface area contributed by atoms with Crippen molar-refractivity contribution in [2.24, 2.45) is 0 Å². The molecule has 0 radical (unpaired) electrons. The first-order chi connectivity index (χ1) is 8.63. The molecular weight excluding hydrogens is 222 g/mol. The van der Waals surface area contributed by atoms with Crippen molar-refractivity contribution in [3.05, 3.63) is 29.6 Å². The van der Waals surface area contributed by atoms with E-state index in [0.29, 0.717) is 6.04 Å². The number of hydrogen-bond acceptors (Lipinski definition) is 2. The highest BCUT2D eigenvalue weighted by Crippen LogP contribution is 2.23. The fourth-order valence-corrected chi connectivity index (χ4v) is 2.35. The number of nitrogens with one attached hydrogen (secondary N) is 1. The van der Waals surface area contributed by atoms with E-state index >= 15 is 0 Å². The Morgan fingerprint density at radius 2 is 2.00 bits per heavy atom. The maximum absolute atomic E-state index is 4.52. The summed E-state index contributed by atoms with van der Waals surface area (Å²) < 4.78 is 2.30. The number of aryl methyl sites for hydroxylation is 2. The number of rotatable bonds is 5. The van der Waals surface area contributed by atoms with E-state index in [1.807, 2.05) is 13.4 Å². The maximum atomic E-state index is 4.52. The monoisotopic (exact) mass is 245 g/mol. The van der Waals surface area contributed by atoms with Gasteiger partial charge in [0.05, 0.1) is 17.4 Å². The van der Waals surface area contributed by atoms with Gasteiger partial charge in [0, 0.05) is 6.04 Å². The summed E-state index contributed by atoms with van der Waals surface area (Å²) in [6.07, 6.45) is 4.36. The number of hydrogen-bond donors (Lipinski definition) is 1. The van der Waals surface area contributed by atoms with Gasteiger partial charge in [-0.3, -0.25) is 0 Å². The third-order valence-corrected chi connectivity index (χ3v) is 3.71. The summed E-state index contributed by atoms with van der Waals surface area (Å²) in [4.78, 5) is 4.52. The Bertz CT molecular complexity index is 528. The van der Waals surface area contributed by atoms with Gasteiger partial charge in [0.25, 0.3) is 0 Å². The minimum Gasteiger partial charge on any atom is -0.328 e. The van der Waals surface area contributed by atoms with Crippen LogP contribution in [0.15, 0.2) is 18.5 Å². The van der Waals surface area contributed by atoms with Crippen molar-refractivity contribution in [2.45, 2.75) is 39.7 Å². The second-order valence-corrected chi connectivity index (χ2v) is 5.17. The lowest BCUT2D eigenvalue weighted by Gasteiger charge is -2.14. The van der Waals surface area contributed by atoms with Crippen LogP contribution in [0, 0.1) is 13.8 Å². The SMILES string of the molecule is CNCCCC(C)n1cnc2cc(C)c(C)cc21. The molecule has 0 spiro atoms. The highest BCUT2D eigenvalue weighted by molar-refractivity contribution is 5.77. The van der Waals surface area contributed by atoms with Crippen LogP contribution in [-0.4, -0.2) is 23.1 Å². The van der Waals surface area contributed by atoms with Crippen LogP contribution in [0.5, 0.6) is 0 Å². The van der Waals surface area contributed by atoms with Crippen LogP contribution in [0.2, 0.25) is 0 Å². The number of fused-ring (bicyclic) bond motifs is 1. The second-order valence-electron chi connectivity index (χ2n) is 5.17. The standard InChI is InChI=1S/C15H23N3/c1-11-8-14-15(9-12(11)2)18(10-17-14)13(3)6-5-7-16-4/h8-10,13,16H,5-7H2,1-4H3. The summed E-state index contributed by atoms with van der Waals surface area (Å²) in [7, 11) is 2.00. The molecule has 3 nitrogen and oxygen atoms in total. The van der Waals surface area contributed by atoms with Gasteiger partial charge in [0.2, 0.25) is 0 Å². The number of aromatic nitrogens is 2. The molecule has 1 atom stereocenters. The molecule has 18 heavy (non-hydrogen) atoms. The third kappa shape index (κ3) is 2.56. The molecule has 0 amide bonds. The van der Waals surface area contributed by atoms with Crippen LogP contribution >= 0.6 is 0 Å². The Kier molecular flexibility index (Phi) is 4.02. The molecule has 0 aliphatic carbocycles. The largest absolute Gasteiger partial charge is 0.328 e. The Morgan fingerprint density at radius 1 is 1.28 bits per heavy atom. The zero-order valence-corrected chi connectivity index (χ0v) is 11.8. The van der Waals surface area contributed by atoms with Crippen molar-refractivity contribution < 1.29 is 0 Å². The van der Waals surface area contributed by atoms with E-state index in [-0.39, 0.29) is 0 Å². The zero-order valence-electron chi connectivity index (χ0n) is 11.8. The molecule has 0 fully saturated rings. The van der Waals surface area contributed by atoms with Crippen molar-refractivity contribution >= 4 is 11.0 Å². The van der Waals surface area contributed by atoms with Crippen LogP contribution in [0.25, 0.3) is 11.0 Å². The van der Waals surface area contributed by atoms with Gasteiger partial charge in [-0.15, -0.1) is 0 Å². The molecule has 1 unspecified atom stereocenters. The van der Waals surface area contributed by atoms with Gasteiger partial charge >= 0.3 is 0 Å². The lowest BCUT2D eigenvalue weighted by atomic mass is 10.1. The predicted molar refractivity (Wildman–Crippen MR) is 77.1 cm³/mol. The smallest absolute Gasteiger partial charge is 0.0960 e. The van der Waals surface area contributed by atoms with E-state index < -0.39 is 0 Å². The molecule has 0 aliphatic heterocycles. The maximum Gasteiger partial charge on any atom is 0.0960 e. The summed E-state index contributed by atoms with van der Waals surface area (Å²) >= 11 is 0. The van der Waals surface area contributed by atoms with Gasteiger partial charge in [-0.05, 0) is 70.5 Å². The first-order valence-electron chi connectivity index (χ1n) is 6.72. The van der Waals surface area contributed by atoms with Crippen molar-refractivity contribution in [3.8, 4) is 0 Å². The van der Waals surface area contributed by atoms with E-state index in [2.05, 4.69) is 47.8 Å². The Morgan fingerprint density at radius 3 is 2.72 bits per heavy atom. The van der Waals surface area contributed by atoms with E-state index in [4.69, 9.17) is 0 Å². The molecule has 98 valence electrons. The van der Waals surface area contributed by atoms with Gasteiger partial charge in [0.1, 0.15) is 0 Å². The average Bonchev–Trinajstić information content (AvgIpc) is 2.73. The summed E-state index contributed by atoms with van der Waals surface area (Å²) in [5.74, 6) is 0. The molecule has 0 aliphatic rings. The van der Waals surface area contributed by atoms with Crippen molar-refractivity contribution in [2.75, 3.05) is 13.6 Å². The van der Waals surface area contributed by atoms with E-state index in [0.717, 1.165) is 12.1 Å². The van der Waals surface area contributed by atoms with Gasteiger partial charge in [-0.2, -0.15) is 0 Å². The predicted octanol–water partition coefficient (Wildman–Crippen LogP) is 3.21. The fraction of sp³-hybridized carbons (Fsp3) is 0.533. The molecule has 1 aromatic carbocycles. The Hall–Kier alpha value is -1.35. The fourth-order valence-electron chi connectivity index (χ4n) is 2.35. The highest BCUT2D eigenvalue weighted by Gasteiger charge is 2.10. The normalized spacial score (nSPS) is 13.1. The molecule has 1 N–H and O–H groups in total. The minimum absolute atomic E-state index is 0.505. The summed E-state index contributed by atoms with van der Waals surface area (Å²) in [6.45, 7) is 7.66. The summed E-state index contributed by atoms with van der Waals surface area (Å²) in [5.41, 5.74) is 5.02. The summed E-state index contributed by atoms with van der Waals surface area (Å²) in [6, 6.07) is 4.94. The lowest BCUT2D eigenvalue weighted by molar-refractivity contribution is 0.493. The molecule has 1 heterocycles. The van der Waals surface area contributed by atoms with Crippen LogP contribution in [0.3, 0.4) is 0 Å². The van der Waals surface area contributed by atoms with Crippen LogP contribution in [0.4, 0.5) is 0 Å². The first-order valence-corrected chi connectivity index (χ1v) is 6.72. The van der Waals surface area contributed by atoms with Crippen molar-refractivity contribution in [1.29, 1.82) is 0 Å². The molecule has 0 saturated carbocycles. The zero-order chi connectivity index (χ0) is 13.1. The number of nitrogens with zero attached hydrogens (tertiary/aromatic N) is 2. The van der Waals surface area contributed by atoms with Crippen LogP contribution in [0.1, 0.15) is 36.9 Å². The lowest BCUT2D eigenvalue weighted by Crippen LogP contribution is -2.11. The van der Waals surface area contributed by atoms with Gasteiger partial charge in [-0.1, -0.05) is 0 Å². The second kappa shape index (κ2) is 5.53.